The van der Waals surface area contributed by atoms with E-state index < -0.39 is 11.7 Å². The molecule has 2 spiro atoms. The summed E-state index contributed by atoms with van der Waals surface area (Å²) in [5.74, 6) is 1.07. The molecule has 4 saturated heterocycles. The van der Waals surface area contributed by atoms with E-state index in [0.717, 1.165) is 63.5 Å². The highest BCUT2D eigenvalue weighted by Gasteiger charge is 2.53. The van der Waals surface area contributed by atoms with Crippen LogP contribution in [0.4, 0.5) is 13.2 Å². The fourth-order valence-electron chi connectivity index (χ4n) is 8.97. The molecule has 288 valence electrons. The molecule has 0 saturated carbocycles. The summed E-state index contributed by atoms with van der Waals surface area (Å²) < 4.78 is 56.8. The Morgan fingerprint density at radius 1 is 0.764 bits per heavy atom. The number of likely N-dealkylation sites (tertiary alicyclic amines) is 4. The molecule has 4 aliphatic heterocycles. The van der Waals surface area contributed by atoms with Crippen molar-refractivity contribution in [3.63, 3.8) is 0 Å². The molecule has 0 bridgehead atoms. The Hall–Kier alpha value is -4.72. The lowest BCUT2D eigenvalue weighted by atomic mass is 9.72. The average molecular weight is 775 g/mol. The lowest BCUT2D eigenvalue weighted by Gasteiger charge is -2.60. The third-order valence-corrected chi connectivity index (χ3v) is 11.9. The smallest absolute Gasteiger partial charge is 0.417 e. The van der Waals surface area contributed by atoms with Gasteiger partial charge in [-0.05, 0) is 23.8 Å². The lowest BCUT2D eigenvalue weighted by molar-refractivity contribution is -0.158. The molecule has 0 N–H and O–H groups in total. The van der Waals surface area contributed by atoms with Crippen LogP contribution in [0.2, 0.25) is 5.02 Å². The third kappa shape index (κ3) is 6.80. The molecule has 0 radical (unpaired) electrons. The minimum absolute atomic E-state index is 0.0794. The van der Waals surface area contributed by atoms with E-state index in [2.05, 4.69) is 19.8 Å². The first-order valence-electron chi connectivity index (χ1n) is 18.2. The molecule has 4 aromatic rings. The second-order valence-corrected chi connectivity index (χ2v) is 16.1. The Labute approximate surface area is 322 Å². The second-order valence-electron chi connectivity index (χ2n) is 15.7. The zero-order valence-corrected chi connectivity index (χ0v) is 31.9. The molecule has 0 aliphatic carbocycles. The van der Waals surface area contributed by atoms with Gasteiger partial charge in [-0.2, -0.15) is 13.2 Å². The lowest BCUT2D eigenvalue weighted by Crippen LogP contribution is -2.72. The second kappa shape index (κ2) is 13.8. The molecule has 14 heteroatoms. The topological polar surface area (TPSA) is 91.3 Å². The van der Waals surface area contributed by atoms with Crippen molar-refractivity contribution >= 4 is 23.4 Å². The largest absolute Gasteiger partial charge is 0.496 e. The average Bonchev–Trinajstić information content (AvgIpc) is 3.08. The summed E-state index contributed by atoms with van der Waals surface area (Å²) in [5, 5.41) is 0.0794. The first-order valence-corrected chi connectivity index (χ1v) is 18.6. The predicted octanol–water partition coefficient (Wildman–Crippen LogP) is 6.50. The molecule has 55 heavy (non-hydrogen) atoms. The van der Waals surface area contributed by atoms with Crippen molar-refractivity contribution < 1.29 is 32.2 Å². The number of aromatic nitrogens is 2. The summed E-state index contributed by atoms with van der Waals surface area (Å²) in [6, 6.07) is 14.9. The van der Waals surface area contributed by atoms with Gasteiger partial charge in [0.2, 0.25) is 17.7 Å². The molecule has 2 aromatic heterocycles. The maximum atomic E-state index is 15.1. The Kier molecular flexibility index (Phi) is 9.33. The van der Waals surface area contributed by atoms with Gasteiger partial charge in [0.25, 0.3) is 0 Å². The summed E-state index contributed by atoms with van der Waals surface area (Å²) in [4.78, 5) is 40.6. The van der Waals surface area contributed by atoms with Crippen molar-refractivity contribution in [2.24, 2.45) is 10.8 Å². The normalized spacial score (nSPS) is 18.7. The number of methoxy groups -OCH3 is 2. The van der Waals surface area contributed by atoms with E-state index in [-0.39, 0.29) is 55.9 Å². The van der Waals surface area contributed by atoms with Crippen molar-refractivity contribution in [1.29, 1.82) is 0 Å². The van der Waals surface area contributed by atoms with Gasteiger partial charge >= 0.3 is 6.18 Å². The van der Waals surface area contributed by atoms with Crippen LogP contribution in [0.15, 0.2) is 60.8 Å². The highest BCUT2D eigenvalue weighted by molar-refractivity contribution is 6.35. The number of ether oxygens (including phenoxy) is 2. The van der Waals surface area contributed by atoms with Gasteiger partial charge < -0.3 is 19.3 Å². The maximum absolute atomic E-state index is 15.1. The summed E-state index contributed by atoms with van der Waals surface area (Å²) in [6.45, 7) is 10.9. The van der Waals surface area contributed by atoms with Crippen molar-refractivity contribution in [1.82, 2.24) is 29.6 Å². The Balaban J connectivity index is 1.04. The van der Waals surface area contributed by atoms with Crippen molar-refractivity contribution in [3.05, 3.63) is 82.5 Å². The molecule has 2 amide bonds. The number of amides is 2. The van der Waals surface area contributed by atoms with Gasteiger partial charge in [-0.3, -0.25) is 24.4 Å². The number of carbonyl (C=O) groups excluding carboxylic acids is 2. The molecule has 8 rings (SSSR count). The first-order chi connectivity index (χ1) is 26.2. The number of pyridine rings is 2. The van der Waals surface area contributed by atoms with Crippen LogP contribution in [0.1, 0.15) is 30.5 Å². The van der Waals surface area contributed by atoms with Crippen molar-refractivity contribution in [2.45, 2.75) is 33.1 Å². The maximum Gasteiger partial charge on any atom is 0.417 e. The van der Waals surface area contributed by atoms with E-state index >= 15 is 13.2 Å². The van der Waals surface area contributed by atoms with E-state index in [1.165, 1.54) is 31.5 Å². The minimum Gasteiger partial charge on any atom is -0.496 e. The van der Waals surface area contributed by atoms with E-state index in [1.807, 2.05) is 28.0 Å². The SMILES string of the molecule is COc1cc(-c2nccc(-c3cccc(-c4ccc(CN5CC6(C5)CN(C(C)=O)C6)c(OC)n4)c3C(F)(F)F)c2Cl)ccc1CN1CC2(C1)CN(C(C)=O)C2. The van der Waals surface area contributed by atoms with Crippen LogP contribution in [0.25, 0.3) is 33.6 Å². The van der Waals surface area contributed by atoms with E-state index in [9.17, 15) is 9.59 Å². The Morgan fingerprint density at radius 2 is 1.35 bits per heavy atom. The highest BCUT2D eigenvalue weighted by atomic mass is 35.5. The summed E-state index contributed by atoms with van der Waals surface area (Å²) in [5.41, 5.74) is 2.22. The predicted molar refractivity (Wildman–Crippen MR) is 201 cm³/mol. The molecular weight excluding hydrogens is 733 g/mol. The van der Waals surface area contributed by atoms with Crippen LogP contribution in [0.3, 0.4) is 0 Å². The van der Waals surface area contributed by atoms with Crippen molar-refractivity contribution in [3.8, 4) is 45.3 Å². The standard InChI is InChI=1S/C41H42ClF3N6O4/c1-25(52)50-21-39(22-50)17-48(18-39)15-28-9-8-27(14-34(28)54-3)37-36(42)31(12-13-46-37)30-6-5-7-32(35(30)41(43,44)45)33-11-10-29(38(47-33)55-4)16-49-19-40(20-49)23-51(24-40)26(2)53/h5-14H,15-24H2,1-4H3. The van der Waals surface area contributed by atoms with E-state index in [0.29, 0.717) is 30.1 Å². The summed E-state index contributed by atoms with van der Waals surface area (Å²) in [6.07, 6.45) is -3.29. The molecule has 4 aliphatic rings. The molecule has 6 heterocycles. The molecule has 10 nitrogen and oxygen atoms in total. The van der Waals surface area contributed by atoms with Gasteiger partial charge in [-0.25, -0.2) is 4.98 Å². The summed E-state index contributed by atoms with van der Waals surface area (Å²) >= 11 is 6.97. The van der Waals surface area contributed by atoms with Crippen LogP contribution in [0.5, 0.6) is 11.6 Å². The Morgan fingerprint density at radius 3 is 1.91 bits per heavy atom. The van der Waals surface area contributed by atoms with Crippen LogP contribution in [0, 0.1) is 10.8 Å². The number of carbonyl (C=O) groups is 2. The Bertz CT molecular complexity index is 2170. The molecule has 4 fully saturated rings. The van der Waals surface area contributed by atoms with Crippen molar-refractivity contribution in [2.75, 3.05) is 66.6 Å². The fourth-order valence-corrected chi connectivity index (χ4v) is 9.29. The van der Waals surface area contributed by atoms with Crippen LogP contribution in [-0.2, 0) is 28.9 Å². The summed E-state index contributed by atoms with van der Waals surface area (Å²) in [7, 11) is 3.04. The van der Waals surface area contributed by atoms with Gasteiger partial charge in [-0.1, -0.05) is 48.0 Å². The first kappa shape index (κ1) is 37.2. The van der Waals surface area contributed by atoms with E-state index in [4.69, 9.17) is 21.1 Å². The van der Waals surface area contributed by atoms with Gasteiger partial charge in [0.05, 0.1) is 36.2 Å². The van der Waals surface area contributed by atoms with E-state index in [1.54, 1.807) is 39.2 Å². The number of hydrogen-bond donors (Lipinski definition) is 0. The minimum atomic E-state index is -4.75. The van der Waals surface area contributed by atoms with Crippen LogP contribution in [-0.4, -0.2) is 108 Å². The van der Waals surface area contributed by atoms with Gasteiger partial charge in [-0.15, -0.1) is 0 Å². The van der Waals surface area contributed by atoms with Crippen LogP contribution >= 0.6 is 11.6 Å². The number of nitrogens with zero attached hydrogens (tertiary/aromatic N) is 6. The number of alkyl halides is 3. The zero-order valence-electron chi connectivity index (χ0n) is 31.2. The molecule has 2 aromatic carbocycles. The molecular formula is C41H42ClF3N6O4. The fraction of sp³-hybridized carbons (Fsp3) is 0.415. The van der Waals surface area contributed by atoms with Gasteiger partial charge in [0.15, 0.2) is 0 Å². The highest BCUT2D eigenvalue weighted by Crippen LogP contribution is 2.47. The third-order valence-electron chi connectivity index (χ3n) is 11.5. The number of rotatable bonds is 9. The number of halogens is 4. The quantitative estimate of drug-likeness (QED) is 0.191. The zero-order chi connectivity index (χ0) is 38.9. The monoisotopic (exact) mass is 774 g/mol. The van der Waals surface area contributed by atoms with Gasteiger partial charge in [0.1, 0.15) is 5.75 Å². The van der Waals surface area contributed by atoms with Crippen LogP contribution < -0.4 is 9.47 Å². The molecule has 0 unspecified atom stereocenters. The number of benzene rings is 2. The number of hydrogen-bond acceptors (Lipinski definition) is 8. The van der Waals surface area contributed by atoms with Gasteiger partial charge in [0, 0.05) is 124 Å². The molecule has 0 atom stereocenters.